The Morgan fingerprint density at radius 2 is 2.18 bits per heavy atom. The van der Waals surface area contributed by atoms with Crippen LogP contribution in [0.15, 0.2) is 18.2 Å². The molecule has 0 aliphatic rings. The molecule has 0 saturated heterocycles. The molecule has 0 amide bonds. The van der Waals surface area contributed by atoms with Crippen LogP contribution in [-0.4, -0.2) is 31.8 Å². The van der Waals surface area contributed by atoms with Crippen LogP contribution in [0.4, 0.5) is 0 Å². The Morgan fingerprint density at radius 1 is 1.41 bits per heavy atom. The van der Waals surface area contributed by atoms with E-state index in [1.54, 1.807) is 18.9 Å². The molecule has 1 rings (SSSR count). The Bertz CT molecular complexity index is 342. The van der Waals surface area contributed by atoms with Gasteiger partial charge in [-0.05, 0) is 31.2 Å². The van der Waals surface area contributed by atoms with Crippen molar-refractivity contribution in [3.8, 4) is 11.5 Å². The molecule has 1 unspecified atom stereocenters. The molecule has 0 fully saturated rings. The van der Waals surface area contributed by atoms with Gasteiger partial charge in [-0.2, -0.15) is 11.8 Å². The minimum absolute atomic E-state index is 0.116. The summed E-state index contributed by atoms with van der Waals surface area (Å²) in [5, 5.41) is 0. The highest BCUT2D eigenvalue weighted by atomic mass is 32.2. The maximum Gasteiger partial charge on any atom is 0.164 e. The minimum Gasteiger partial charge on any atom is -0.493 e. The van der Waals surface area contributed by atoms with E-state index in [-0.39, 0.29) is 6.04 Å². The summed E-state index contributed by atoms with van der Waals surface area (Å²) in [6.45, 7) is 2.68. The number of ether oxygens (including phenoxy) is 2. The van der Waals surface area contributed by atoms with Crippen molar-refractivity contribution in [2.24, 2.45) is 5.73 Å². The van der Waals surface area contributed by atoms with Crippen LogP contribution in [0.5, 0.6) is 11.5 Å². The quantitative estimate of drug-likeness (QED) is 0.760. The minimum atomic E-state index is 0.116. The van der Waals surface area contributed by atoms with Crippen molar-refractivity contribution in [2.45, 2.75) is 19.4 Å². The van der Waals surface area contributed by atoms with Crippen LogP contribution in [0.25, 0.3) is 0 Å². The van der Waals surface area contributed by atoms with E-state index in [1.165, 1.54) is 0 Å². The SMILES string of the molecule is COc1cccc(CC(C)N)c1OCCSC. The molecule has 0 bridgehead atoms. The summed E-state index contributed by atoms with van der Waals surface area (Å²) >= 11 is 1.76. The predicted octanol–water partition coefficient (Wildman–Crippen LogP) is 2.33. The number of thioether (sulfide) groups is 1. The standard InChI is InChI=1S/C13H21NO2S/c1-10(14)9-11-5-4-6-12(15-2)13(11)16-7-8-17-3/h4-6,10H,7-9,14H2,1-3H3. The largest absolute Gasteiger partial charge is 0.493 e. The summed E-state index contributed by atoms with van der Waals surface area (Å²) in [5.74, 6) is 2.58. The van der Waals surface area contributed by atoms with Gasteiger partial charge in [-0.3, -0.25) is 0 Å². The lowest BCUT2D eigenvalue weighted by Crippen LogP contribution is -2.18. The first-order valence-corrected chi connectivity index (χ1v) is 7.11. The number of hydrogen-bond acceptors (Lipinski definition) is 4. The second-order valence-electron chi connectivity index (χ2n) is 3.97. The lowest BCUT2D eigenvalue weighted by atomic mass is 10.1. The highest BCUT2D eigenvalue weighted by molar-refractivity contribution is 7.98. The lowest BCUT2D eigenvalue weighted by molar-refractivity contribution is 0.309. The summed E-state index contributed by atoms with van der Waals surface area (Å²) < 4.78 is 11.1. The van der Waals surface area contributed by atoms with Gasteiger partial charge in [-0.1, -0.05) is 12.1 Å². The van der Waals surface area contributed by atoms with Gasteiger partial charge in [-0.15, -0.1) is 0 Å². The molecule has 0 spiro atoms. The Hall–Kier alpha value is -0.870. The van der Waals surface area contributed by atoms with Crippen molar-refractivity contribution in [2.75, 3.05) is 25.7 Å². The molecule has 1 aromatic rings. The third-order valence-corrected chi connectivity index (χ3v) is 2.93. The first-order valence-electron chi connectivity index (χ1n) is 5.72. The van der Waals surface area contributed by atoms with Crippen molar-refractivity contribution < 1.29 is 9.47 Å². The second kappa shape index (κ2) is 7.45. The van der Waals surface area contributed by atoms with Gasteiger partial charge in [-0.25, -0.2) is 0 Å². The van der Waals surface area contributed by atoms with Gasteiger partial charge in [0.25, 0.3) is 0 Å². The first kappa shape index (κ1) is 14.2. The fourth-order valence-electron chi connectivity index (χ4n) is 1.62. The van der Waals surface area contributed by atoms with E-state index in [2.05, 4.69) is 6.26 Å². The van der Waals surface area contributed by atoms with E-state index >= 15 is 0 Å². The van der Waals surface area contributed by atoms with E-state index < -0.39 is 0 Å². The number of hydrogen-bond donors (Lipinski definition) is 1. The van der Waals surface area contributed by atoms with Gasteiger partial charge in [0.2, 0.25) is 0 Å². The third-order valence-electron chi connectivity index (χ3n) is 2.36. The summed E-state index contributed by atoms with van der Waals surface area (Å²) in [5.41, 5.74) is 6.95. The molecule has 3 nitrogen and oxygen atoms in total. The fourth-order valence-corrected chi connectivity index (χ4v) is 1.87. The predicted molar refractivity (Wildman–Crippen MR) is 74.2 cm³/mol. The van der Waals surface area contributed by atoms with E-state index in [0.717, 1.165) is 29.2 Å². The lowest BCUT2D eigenvalue weighted by Gasteiger charge is -2.16. The van der Waals surface area contributed by atoms with Crippen LogP contribution in [0, 0.1) is 0 Å². The van der Waals surface area contributed by atoms with Gasteiger partial charge < -0.3 is 15.2 Å². The monoisotopic (exact) mass is 255 g/mol. The average molecular weight is 255 g/mol. The Morgan fingerprint density at radius 3 is 2.76 bits per heavy atom. The molecular weight excluding hydrogens is 234 g/mol. The van der Waals surface area contributed by atoms with E-state index in [0.29, 0.717) is 6.61 Å². The van der Waals surface area contributed by atoms with Gasteiger partial charge >= 0.3 is 0 Å². The van der Waals surface area contributed by atoms with Gasteiger partial charge in [0, 0.05) is 11.8 Å². The molecule has 17 heavy (non-hydrogen) atoms. The third kappa shape index (κ3) is 4.48. The van der Waals surface area contributed by atoms with Crippen molar-refractivity contribution in [3.63, 3.8) is 0 Å². The number of nitrogens with two attached hydrogens (primary N) is 1. The highest BCUT2D eigenvalue weighted by Gasteiger charge is 2.11. The summed E-state index contributed by atoms with van der Waals surface area (Å²) in [6, 6.07) is 6.04. The van der Waals surface area contributed by atoms with Crippen molar-refractivity contribution in [3.05, 3.63) is 23.8 Å². The van der Waals surface area contributed by atoms with Crippen molar-refractivity contribution in [1.29, 1.82) is 0 Å². The molecule has 1 aromatic carbocycles. The molecule has 0 aliphatic heterocycles. The van der Waals surface area contributed by atoms with E-state index in [4.69, 9.17) is 15.2 Å². The zero-order valence-electron chi connectivity index (χ0n) is 10.7. The topological polar surface area (TPSA) is 44.5 Å². The Labute approximate surface area is 108 Å². The molecule has 96 valence electrons. The molecule has 0 heterocycles. The number of benzene rings is 1. The molecular formula is C13H21NO2S. The molecule has 4 heteroatoms. The number of rotatable bonds is 7. The molecule has 0 aliphatic carbocycles. The molecule has 0 aromatic heterocycles. The van der Waals surface area contributed by atoms with Crippen LogP contribution in [-0.2, 0) is 6.42 Å². The number of para-hydroxylation sites is 1. The van der Waals surface area contributed by atoms with Crippen LogP contribution < -0.4 is 15.2 Å². The van der Waals surface area contributed by atoms with Crippen LogP contribution >= 0.6 is 11.8 Å². The maximum atomic E-state index is 5.84. The van der Waals surface area contributed by atoms with Crippen molar-refractivity contribution >= 4 is 11.8 Å². The molecule has 2 N–H and O–H groups in total. The zero-order valence-corrected chi connectivity index (χ0v) is 11.5. The Kier molecular flexibility index (Phi) is 6.22. The summed E-state index contributed by atoms with van der Waals surface area (Å²) in [4.78, 5) is 0. The molecule has 0 radical (unpaired) electrons. The second-order valence-corrected chi connectivity index (χ2v) is 4.96. The fraction of sp³-hybridized carbons (Fsp3) is 0.538. The van der Waals surface area contributed by atoms with E-state index in [1.807, 2.05) is 25.1 Å². The van der Waals surface area contributed by atoms with Crippen LogP contribution in [0.1, 0.15) is 12.5 Å². The maximum absolute atomic E-state index is 5.84. The molecule has 0 saturated carbocycles. The normalized spacial score (nSPS) is 12.2. The number of methoxy groups -OCH3 is 1. The smallest absolute Gasteiger partial charge is 0.164 e. The van der Waals surface area contributed by atoms with Gasteiger partial charge in [0.1, 0.15) is 0 Å². The van der Waals surface area contributed by atoms with Crippen LogP contribution in [0.3, 0.4) is 0 Å². The average Bonchev–Trinajstić information content (AvgIpc) is 2.30. The summed E-state index contributed by atoms with van der Waals surface area (Å²) in [6.07, 6.45) is 2.86. The van der Waals surface area contributed by atoms with Gasteiger partial charge in [0.05, 0.1) is 13.7 Å². The van der Waals surface area contributed by atoms with Crippen LogP contribution in [0.2, 0.25) is 0 Å². The zero-order chi connectivity index (χ0) is 12.7. The first-order chi connectivity index (χ1) is 8.19. The Balaban J connectivity index is 2.86. The van der Waals surface area contributed by atoms with E-state index in [9.17, 15) is 0 Å². The summed E-state index contributed by atoms with van der Waals surface area (Å²) in [7, 11) is 1.66. The van der Waals surface area contributed by atoms with Crippen molar-refractivity contribution in [1.82, 2.24) is 0 Å². The highest BCUT2D eigenvalue weighted by Crippen LogP contribution is 2.31. The molecule has 1 atom stereocenters. The van der Waals surface area contributed by atoms with Gasteiger partial charge in [0.15, 0.2) is 11.5 Å².